The molecule has 1 rings (SSSR count). The van der Waals surface area contributed by atoms with E-state index in [0.717, 1.165) is 6.07 Å². The summed E-state index contributed by atoms with van der Waals surface area (Å²) in [5.41, 5.74) is -0.162. The number of methoxy groups -OCH3 is 1. The number of benzene rings is 1. The lowest BCUT2D eigenvalue weighted by Gasteiger charge is -2.11. The predicted octanol–water partition coefficient (Wildman–Crippen LogP) is 0.0502. The van der Waals surface area contributed by atoms with Gasteiger partial charge in [0.15, 0.2) is 0 Å². The average Bonchev–Trinajstić information content (AvgIpc) is 2.37. The van der Waals surface area contributed by atoms with Gasteiger partial charge in [0, 0.05) is 29.4 Å². The molecule has 0 spiro atoms. The third-order valence-corrected chi connectivity index (χ3v) is 4.64. The Labute approximate surface area is 119 Å². The van der Waals surface area contributed by atoms with Crippen molar-refractivity contribution in [1.82, 2.24) is 4.72 Å². The largest absolute Gasteiger partial charge is 0.495 e. The van der Waals surface area contributed by atoms with E-state index in [-0.39, 0.29) is 28.5 Å². The second kappa shape index (κ2) is 6.82. The lowest BCUT2D eigenvalue weighted by atomic mass is 10.2. The summed E-state index contributed by atoms with van der Waals surface area (Å²) in [5.74, 6) is -1.03. The van der Waals surface area contributed by atoms with Gasteiger partial charge in [-0.05, 0) is 18.2 Å². The van der Waals surface area contributed by atoms with E-state index in [4.69, 9.17) is 9.84 Å². The zero-order chi connectivity index (χ0) is 15.3. The molecule has 0 saturated heterocycles. The minimum atomic E-state index is -3.93. The van der Waals surface area contributed by atoms with Gasteiger partial charge in [0.1, 0.15) is 10.6 Å². The Balaban J connectivity index is 3.11. The van der Waals surface area contributed by atoms with Crippen LogP contribution >= 0.6 is 0 Å². The van der Waals surface area contributed by atoms with Crippen molar-refractivity contribution in [3.05, 3.63) is 23.8 Å². The molecule has 1 aromatic rings. The lowest BCUT2D eigenvalue weighted by Crippen LogP contribution is -2.28. The molecule has 1 aromatic carbocycles. The van der Waals surface area contributed by atoms with Gasteiger partial charge in [-0.15, -0.1) is 0 Å². The van der Waals surface area contributed by atoms with E-state index in [1.165, 1.54) is 25.5 Å². The standard InChI is InChI=1S/C11H15NO6S2/c1-18-9-4-3-8(11(13)14)7-10(9)20(16,17)12-5-6-19(2)15/h3-4,7,12H,5-6H2,1-2H3,(H,13,14). The van der Waals surface area contributed by atoms with Crippen LogP contribution in [0.3, 0.4) is 0 Å². The topological polar surface area (TPSA) is 110 Å². The molecule has 0 aliphatic rings. The Bertz CT molecular complexity index is 626. The first-order valence-corrected chi connectivity index (χ1v) is 8.70. The molecule has 0 heterocycles. The van der Waals surface area contributed by atoms with Crippen LogP contribution in [-0.2, 0) is 20.8 Å². The molecule has 0 bridgehead atoms. The van der Waals surface area contributed by atoms with E-state index in [0.29, 0.717) is 0 Å². The zero-order valence-electron chi connectivity index (χ0n) is 11.0. The van der Waals surface area contributed by atoms with E-state index in [9.17, 15) is 17.4 Å². The van der Waals surface area contributed by atoms with Crippen molar-refractivity contribution in [1.29, 1.82) is 0 Å². The maximum atomic E-state index is 12.1. The molecule has 9 heteroatoms. The van der Waals surface area contributed by atoms with Crippen LogP contribution in [0.25, 0.3) is 0 Å². The first-order chi connectivity index (χ1) is 9.27. The van der Waals surface area contributed by atoms with Crippen LogP contribution in [0, 0.1) is 0 Å². The number of carboxylic acids is 1. The Morgan fingerprint density at radius 1 is 1.45 bits per heavy atom. The van der Waals surface area contributed by atoms with Gasteiger partial charge >= 0.3 is 5.97 Å². The van der Waals surface area contributed by atoms with Crippen molar-refractivity contribution in [2.45, 2.75) is 4.90 Å². The van der Waals surface area contributed by atoms with Crippen LogP contribution in [0.2, 0.25) is 0 Å². The lowest BCUT2D eigenvalue weighted by molar-refractivity contribution is 0.0696. The van der Waals surface area contributed by atoms with Gasteiger partial charge in [0.2, 0.25) is 10.0 Å². The zero-order valence-corrected chi connectivity index (χ0v) is 12.6. The van der Waals surface area contributed by atoms with Crippen molar-refractivity contribution in [3.63, 3.8) is 0 Å². The molecule has 1 unspecified atom stereocenters. The fourth-order valence-corrected chi connectivity index (χ4v) is 3.16. The fourth-order valence-electron chi connectivity index (χ4n) is 1.42. The van der Waals surface area contributed by atoms with Gasteiger partial charge in [0.05, 0.1) is 12.7 Å². The Morgan fingerprint density at radius 2 is 2.10 bits per heavy atom. The molecule has 0 aliphatic carbocycles. The maximum Gasteiger partial charge on any atom is 0.335 e. The molecule has 2 N–H and O–H groups in total. The summed E-state index contributed by atoms with van der Waals surface area (Å²) < 4.78 is 42.3. The minimum Gasteiger partial charge on any atom is -0.495 e. The molecule has 0 aliphatic heterocycles. The first kappa shape index (κ1) is 16.6. The van der Waals surface area contributed by atoms with Crippen LogP contribution in [-0.4, -0.2) is 49.4 Å². The van der Waals surface area contributed by atoms with Crippen LogP contribution in [0.1, 0.15) is 10.4 Å². The number of aromatic carboxylic acids is 1. The van der Waals surface area contributed by atoms with E-state index < -0.39 is 26.8 Å². The van der Waals surface area contributed by atoms with Crippen LogP contribution in [0.4, 0.5) is 0 Å². The number of hydrogen-bond acceptors (Lipinski definition) is 5. The highest BCUT2D eigenvalue weighted by molar-refractivity contribution is 7.89. The van der Waals surface area contributed by atoms with E-state index >= 15 is 0 Å². The minimum absolute atomic E-state index is 0.00804. The number of carbonyl (C=O) groups is 1. The number of hydrogen-bond donors (Lipinski definition) is 2. The molecule has 1 atom stereocenters. The second-order valence-electron chi connectivity index (χ2n) is 3.85. The number of sulfonamides is 1. The predicted molar refractivity (Wildman–Crippen MR) is 74.1 cm³/mol. The van der Waals surface area contributed by atoms with Gasteiger partial charge < -0.3 is 9.84 Å². The van der Waals surface area contributed by atoms with Crippen molar-refractivity contribution in [2.75, 3.05) is 25.7 Å². The molecule has 7 nitrogen and oxygen atoms in total. The monoisotopic (exact) mass is 321 g/mol. The van der Waals surface area contributed by atoms with Crippen LogP contribution in [0.15, 0.2) is 23.1 Å². The smallest absolute Gasteiger partial charge is 0.335 e. The highest BCUT2D eigenvalue weighted by Gasteiger charge is 2.21. The molecule has 0 radical (unpaired) electrons. The normalized spacial score (nSPS) is 12.9. The molecule has 0 amide bonds. The SMILES string of the molecule is COc1ccc(C(=O)O)cc1S(=O)(=O)NCCS(C)=O. The number of nitrogens with one attached hydrogen (secondary N) is 1. The van der Waals surface area contributed by atoms with Crippen molar-refractivity contribution < 1.29 is 27.3 Å². The van der Waals surface area contributed by atoms with Gasteiger partial charge in [-0.25, -0.2) is 17.9 Å². The molecule has 0 fully saturated rings. The summed E-state index contributed by atoms with van der Waals surface area (Å²) >= 11 is 0. The fraction of sp³-hybridized carbons (Fsp3) is 0.364. The molecule has 0 saturated carbocycles. The molecule has 20 heavy (non-hydrogen) atoms. The molecular weight excluding hydrogens is 306 g/mol. The summed E-state index contributed by atoms with van der Waals surface area (Å²) in [7, 11) is -3.77. The molecule has 112 valence electrons. The van der Waals surface area contributed by atoms with Gasteiger partial charge in [-0.2, -0.15) is 0 Å². The maximum absolute atomic E-state index is 12.1. The number of rotatable bonds is 7. The average molecular weight is 321 g/mol. The van der Waals surface area contributed by atoms with Crippen molar-refractivity contribution >= 4 is 26.8 Å². The third kappa shape index (κ3) is 4.29. The summed E-state index contributed by atoms with van der Waals surface area (Å²) in [6, 6.07) is 3.55. The number of carboxylic acid groups (broad SMARTS) is 1. The summed E-state index contributed by atoms with van der Waals surface area (Å²) in [6.07, 6.45) is 1.46. The van der Waals surface area contributed by atoms with E-state index in [1.807, 2.05) is 0 Å². The van der Waals surface area contributed by atoms with E-state index in [1.54, 1.807) is 0 Å². The Kier molecular flexibility index (Phi) is 5.66. The van der Waals surface area contributed by atoms with Gasteiger partial charge in [-0.3, -0.25) is 4.21 Å². The first-order valence-electron chi connectivity index (χ1n) is 5.49. The summed E-state index contributed by atoms with van der Waals surface area (Å²) in [5, 5.41) is 8.89. The molecule has 0 aromatic heterocycles. The molecular formula is C11H15NO6S2. The summed E-state index contributed by atoms with van der Waals surface area (Å²) in [6.45, 7) is -0.00804. The Hall–Kier alpha value is -1.45. The third-order valence-electron chi connectivity index (χ3n) is 2.38. The van der Waals surface area contributed by atoms with E-state index in [2.05, 4.69) is 4.72 Å². The Morgan fingerprint density at radius 3 is 2.60 bits per heavy atom. The number of ether oxygens (including phenoxy) is 1. The van der Waals surface area contributed by atoms with Gasteiger partial charge in [0.25, 0.3) is 0 Å². The summed E-state index contributed by atoms with van der Waals surface area (Å²) in [4.78, 5) is 10.6. The highest BCUT2D eigenvalue weighted by atomic mass is 32.2. The van der Waals surface area contributed by atoms with Crippen molar-refractivity contribution in [2.24, 2.45) is 0 Å². The van der Waals surface area contributed by atoms with Gasteiger partial charge in [-0.1, -0.05) is 0 Å². The van der Waals surface area contributed by atoms with Crippen LogP contribution in [0.5, 0.6) is 5.75 Å². The van der Waals surface area contributed by atoms with Crippen LogP contribution < -0.4 is 9.46 Å². The van der Waals surface area contributed by atoms with Crippen molar-refractivity contribution in [3.8, 4) is 5.75 Å². The highest BCUT2D eigenvalue weighted by Crippen LogP contribution is 2.24. The second-order valence-corrected chi connectivity index (χ2v) is 7.14. The quantitative estimate of drug-likeness (QED) is 0.734.